The minimum Gasteiger partial charge on any atom is -0.478 e. The molecule has 1 heterocycles. The zero-order valence-corrected chi connectivity index (χ0v) is 11.1. The number of carboxylic acid groups (broad SMARTS) is 1. The van der Waals surface area contributed by atoms with E-state index in [0.717, 1.165) is 25.1 Å². The summed E-state index contributed by atoms with van der Waals surface area (Å²) in [5, 5.41) is 21.7. The zero-order valence-electron chi connectivity index (χ0n) is 11.1. The molecular formula is C13H19FN2O3. The number of hydrogen-bond donors (Lipinski definition) is 3. The van der Waals surface area contributed by atoms with E-state index < -0.39 is 17.9 Å². The van der Waals surface area contributed by atoms with Crippen molar-refractivity contribution in [3.05, 3.63) is 23.6 Å². The first-order valence-electron chi connectivity index (χ1n) is 6.30. The van der Waals surface area contributed by atoms with Crippen molar-refractivity contribution in [2.24, 2.45) is 5.92 Å². The molecule has 0 aliphatic heterocycles. The SMILES string of the molecule is CCC(CC)C(O)CNc1ncc(F)cc1C(=O)O. The number of aliphatic hydroxyl groups is 1. The number of carboxylic acids is 1. The fourth-order valence-electron chi connectivity index (χ4n) is 1.94. The second-order valence-corrected chi connectivity index (χ2v) is 4.38. The zero-order chi connectivity index (χ0) is 14.4. The highest BCUT2D eigenvalue weighted by molar-refractivity contribution is 5.93. The molecule has 106 valence electrons. The maximum atomic E-state index is 12.9. The highest BCUT2D eigenvalue weighted by atomic mass is 19.1. The molecule has 5 nitrogen and oxygen atoms in total. The molecule has 0 saturated carbocycles. The van der Waals surface area contributed by atoms with Gasteiger partial charge in [-0.3, -0.25) is 0 Å². The Kier molecular flexibility index (Phi) is 5.69. The molecule has 0 aliphatic rings. The minimum atomic E-state index is -1.26. The number of aromatic carboxylic acids is 1. The largest absolute Gasteiger partial charge is 0.478 e. The summed E-state index contributed by atoms with van der Waals surface area (Å²) in [6.45, 7) is 4.15. The van der Waals surface area contributed by atoms with Crippen LogP contribution >= 0.6 is 0 Å². The Morgan fingerprint density at radius 2 is 2.11 bits per heavy atom. The Hall–Kier alpha value is -1.69. The van der Waals surface area contributed by atoms with Gasteiger partial charge in [0.15, 0.2) is 0 Å². The van der Waals surface area contributed by atoms with Crippen LogP contribution in [0, 0.1) is 11.7 Å². The van der Waals surface area contributed by atoms with Gasteiger partial charge in [-0.15, -0.1) is 0 Å². The van der Waals surface area contributed by atoms with E-state index in [0.29, 0.717) is 0 Å². The van der Waals surface area contributed by atoms with E-state index in [1.165, 1.54) is 0 Å². The lowest BCUT2D eigenvalue weighted by Crippen LogP contribution is -2.28. The van der Waals surface area contributed by atoms with Crippen molar-refractivity contribution >= 4 is 11.8 Å². The summed E-state index contributed by atoms with van der Waals surface area (Å²) in [5.41, 5.74) is -0.239. The van der Waals surface area contributed by atoms with E-state index in [-0.39, 0.29) is 23.8 Å². The van der Waals surface area contributed by atoms with Gasteiger partial charge in [0.05, 0.1) is 12.3 Å². The van der Waals surface area contributed by atoms with Gasteiger partial charge in [0.1, 0.15) is 17.2 Å². The van der Waals surface area contributed by atoms with Crippen molar-refractivity contribution in [3.63, 3.8) is 0 Å². The first kappa shape index (κ1) is 15.4. The summed E-state index contributed by atoms with van der Waals surface area (Å²) in [6.07, 6.45) is 2.02. The molecule has 3 N–H and O–H groups in total. The molecule has 0 saturated heterocycles. The van der Waals surface area contributed by atoms with Gasteiger partial charge in [0.25, 0.3) is 0 Å². The molecule has 1 aromatic heterocycles. The lowest BCUT2D eigenvalue weighted by atomic mass is 9.96. The molecule has 0 aliphatic carbocycles. The summed E-state index contributed by atoms with van der Waals surface area (Å²) in [4.78, 5) is 14.7. The standard InChI is InChI=1S/C13H19FN2O3/c1-3-8(4-2)11(17)7-16-12-10(13(18)19)5-9(14)6-15-12/h5-6,8,11,17H,3-4,7H2,1-2H3,(H,15,16)(H,18,19). The van der Waals surface area contributed by atoms with Crippen LogP contribution in [0.15, 0.2) is 12.3 Å². The second-order valence-electron chi connectivity index (χ2n) is 4.38. The first-order chi connectivity index (χ1) is 8.99. The van der Waals surface area contributed by atoms with E-state index in [1.54, 1.807) is 0 Å². The van der Waals surface area contributed by atoms with Crippen molar-refractivity contribution in [1.29, 1.82) is 0 Å². The van der Waals surface area contributed by atoms with E-state index in [2.05, 4.69) is 10.3 Å². The van der Waals surface area contributed by atoms with Gasteiger partial charge in [-0.1, -0.05) is 26.7 Å². The van der Waals surface area contributed by atoms with Crippen LogP contribution in [0.1, 0.15) is 37.0 Å². The number of halogens is 1. The molecule has 0 amide bonds. The normalized spacial score (nSPS) is 12.5. The van der Waals surface area contributed by atoms with Crippen LogP contribution in [0.3, 0.4) is 0 Å². The molecule has 1 aromatic rings. The summed E-state index contributed by atoms with van der Waals surface area (Å²) in [6, 6.07) is 0.904. The molecule has 1 rings (SSSR count). The molecule has 0 fully saturated rings. The summed E-state index contributed by atoms with van der Waals surface area (Å²) < 4.78 is 12.9. The molecule has 0 aromatic carbocycles. The number of anilines is 1. The van der Waals surface area contributed by atoms with Crippen molar-refractivity contribution in [2.75, 3.05) is 11.9 Å². The first-order valence-corrected chi connectivity index (χ1v) is 6.30. The van der Waals surface area contributed by atoms with Crippen molar-refractivity contribution in [1.82, 2.24) is 4.98 Å². The maximum Gasteiger partial charge on any atom is 0.339 e. The smallest absolute Gasteiger partial charge is 0.339 e. The topological polar surface area (TPSA) is 82.5 Å². The average Bonchev–Trinajstić information content (AvgIpc) is 2.38. The van der Waals surface area contributed by atoms with Crippen molar-refractivity contribution < 1.29 is 19.4 Å². The summed E-state index contributed by atoms with van der Waals surface area (Å²) in [7, 11) is 0. The van der Waals surface area contributed by atoms with E-state index in [4.69, 9.17) is 5.11 Å². The van der Waals surface area contributed by atoms with Gasteiger partial charge in [-0.25, -0.2) is 14.2 Å². The van der Waals surface area contributed by atoms with Crippen molar-refractivity contribution in [3.8, 4) is 0 Å². The van der Waals surface area contributed by atoms with Gasteiger partial charge in [-0.05, 0) is 12.0 Å². The summed E-state index contributed by atoms with van der Waals surface area (Å²) in [5.74, 6) is -1.75. The molecule has 1 unspecified atom stereocenters. The third-order valence-electron chi connectivity index (χ3n) is 3.16. The van der Waals surface area contributed by atoms with Gasteiger partial charge in [-0.2, -0.15) is 0 Å². The molecule has 0 radical (unpaired) electrons. The molecule has 19 heavy (non-hydrogen) atoms. The Balaban J connectivity index is 2.75. The average molecular weight is 270 g/mol. The Morgan fingerprint density at radius 3 is 2.63 bits per heavy atom. The third kappa shape index (κ3) is 4.17. The number of aromatic nitrogens is 1. The number of nitrogens with one attached hydrogen (secondary N) is 1. The van der Waals surface area contributed by atoms with Gasteiger partial charge < -0.3 is 15.5 Å². The van der Waals surface area contributed by atoms with E-state index in [9.17, 15) is 14.3 Å². The number of rotatable bonds is 7. The Labute approximate surface area is 111 Å². The Morgan fingerprint density at radius 1 is 1.47 bits per heavy atom. The second kappa shape index (κ2) is 7.04. The van der Waals surface area contributed by atoms with Crippen LogP contribution in [0.5, 0.6) is 0 Å². The third-order valence-corrected chi connectivity index (χ3v) is 3.16. The Bertz CT molecular complexity index is 436. The highest BCUT2D eigenvalue weighted by Gasteiger charge is 2.18. The highest BCUT2D eigenvalue weighted by Crippen LogP contribution is 2.16. The molecule has 0 bridgehead atoms. The van der Waals surface area contributed by atoms with Gasteiger partial charge in [0.2, 0.25) is 0 Å². The number of nitrogens with zero attached hydrogens (tertiary/aromatic N) is 1. The minimum absolute atomic E-state index is 0.0684. The predicted octanol–water partition coefficient (Wildman–Crippen LogP) is 2.13. The lowest BCUT2D eigenvalue weighted by molar-refractivity contribution is 0.0696. The monoisotopic (exact) mass is 270 g/mol. The van der Waals surface area contributed by atoms with Crippen molar-refractivity contribution in [2.45, 2.75) is 32.8 Å². The fourth-order valence-corrected chi connectivity index (χ4v) is 1.94. The molecule has 6 heteroatoms. The summed E-state index contributed by atoms with van der Waals surface area (Å²) >= 11 is 0. The number of aliphatic hydroxyl groups excluding tert-OH is 1. The number of pyridine rings is 1. The quantitative estimate of drug-likeness (QED) is 0.707. The predicted molar refractivity (Wildman–Crippen MR) is 69.7 cm³/mol. The van der Waals surface area contributed by atoms with Gasteiger partial charge in [0, 0.05) is 6.54 Å². The van der Waals surface area contributed by atoms with Crippen LogP contribution < -0.4 is 5.32 Å². The van der Waals surface area contributed by atoms with Crippen LogP contribution in [-0.4, -0.2) is 33.8 Å². The number of hydrogen-bond acceptors (Lipinski definition) is 4. The van der Waals surface area contributed by atoms with Crippen LogP contribution in [0.4, 0.5) is 10.2 Å². The van der Waals surface area contributed by atoms with Crippen LogP contribution in [0.2, 0.25) is 0 Å². The fraction of sp³-hybridized carbons (Fsp3) is 0.538. The van der Waals surface area contributed by atoms with Crippen LogP contribution in [-0.2, 0) is 0 Å². The molecular weight excluding hydrogens is 251 g/mol. The number of carbonyl (C=O) groups is 1. The molecule has 0 spiro atoms. The maximum absolute atomic E-state index is 12.9. The van der Waals surface area contributed by atoms with E-state index >= 15 is 0 Å². The lowest BCUT2D eigenvalue weighted by Gasteiger charge is -2.21. The molecule has 1 atom stereocenters. The van der Waals surface area contributed by atoms with Gasteiger partial charge >= 0.3 is 5.97 Å². The van der Waals surface area contributed by atoms with E-state index in [1.807, 2.05) is 13.8 Å². The van der Waals surface area contributed by atoms with Crippen LogP contribution in [0.25, 0.3) is 0 Å².